The number of rotatable bonds is 3. The fraction of sp³-hybridized carbons (Fsp3) is 0.471. The van der Waals surface area contributed by atoms with Crippen LogP contribution in [0.5, 0.6) is 0 Å². The van der Waals surface area contributed by atoms with Crippen LogP contribution in [0, 0.1) is 0 Å². The van der Waals surface area contributed by atoms with E-state index in [9.17, 15) is 13.2 Å². The third kappa shape index (κ3) is 3.46. The van der Waals surface area contributed by atoms with Crippen LogP contribution in [-0.4, -0.2) is 34.3 Å². The van der Waals surface area contributed by atoms with E-state index in [0.29, 0.717) is 16.7 Å². The first kappa shape index (κ1) is 18.0. The molecule has 1 aliphatic rings. The second kappa shape index (κ2) is 5.88. The minimum atomic E-state index is -4.37. The normalized spacial score (nSPS) is 19.4. The van der Waals surface area contributed by atoms with Gasteiger partial charge in [0, 0.05) is 11.7 Å². The van der Waals surface area contributed by atoms with Gasteiger partial charge in [0.05, 0.1) is 16.9 Å². The van der Waals surface area contributed by atoms with Crippen molar-refractivity contribution in [3.8, 4) is 11.3 Å². The predicted octanol–water partition coefficient (Wildman–Crippen LogP) is 3.41. The Balaban J connectivity index is 2.06. The first-order valence-corrected chi connectivity index (χ1v) is 8.04. The topological polar surface area (TPSA) is 36.3 Å². The molecule has 1 saturated heterocycles. The summed E-state index contributed by atoms with van der Waals surface area (Å²) in [6.07, 6.45) is -2.97. The van der Waals surface area contributed by atoms with Crippen molar-refractivity contribution in [3.05, 3.63) is 36.5 Å². The highest BCUT2D eigenvalue weighted by Gasteiger charge is 2.53. The minimum absolute atomic E-state index is 0.358. The molecule has 1 aromatic carbocycles. The maximum Gasteiger partial charge on any atom is 0.498 e. The van der Waals surface area contributed by atoms with E-state index >= 15 is 0 Å². The van der Waals surface area contributed by atoms with Gasteiger partial charge in [-0.05, 0) is 33.3 Å². The molecule has 1 fully saturated rings. The van der Waals surface area contributed by atoms with Crippen molar-refractivity contribution >= 4 is 12.6 Å². The fourth-order valence-corrected chi connectivity index (χ4v) is 2.74. The van der Waals surface area contributed by atoms with Gasteiger partial charge in [0.25, 0.3) is 0 Å². The summed E-state index contributed by atoms with van der Waals surface area (Å²) in [5.41, 5.74) is 0.315. The number of alkyl halides is 3. The Morgan fingerprint density at radius 1 is 1.04 bits per heavy atom. The van der Waals surface area contributed by atoms with E-state index in [1.54, 1.807) is 24.3 Å². The van der Waals surface area contributed by atoms with Gasteiger partial charge in [-0.1, -0.05) is 30.3 Å². The van der Waals surface area contributed by atoms with Gasteiger partial charge < -0.3 is 9.31 Å². The molecule has 0 spiro atoms. The second-order valence-electron chi connectivity index (χ2n) is 7.18. The molecule has 1 aliphatic heterocycles. The van der Waals surface area contributed by atoms with Crippen LogP contribution < -0.4 is 5.46 Å². The van der Waals surface area contributed by atoms with Gasteiger partial charge in [-0.3, -0.25) is 4.68 Å². The summed E-state index contributed by atoms with van der Waals surface area (Å²) < 4.78 is 51.8. The maximum absolute atomic E-state index is 12.9. The van der Waals surface area contributed by atoms with E-state index in [1.165, 1.54) is 6.20 Å². The standard InChI is InChI=1S/C17H20BF3N2O2/c1-15(2)16(3,4)25-18(24-15)13-10-22-23(11-17(19,20)21)14(13)12-8-6-5-7-9-12/h5-10H,11H2,1-4H3. The molecule has 25 heavy (non-hydrogen) atoms. The number of aromatic nitrogens is 2. The molecule has 8 heteroatoms. The molecule has 2 heterocycles. The van der Waals surface area contributed by atoms with Gasteiger partial charge in [-0.2, -0.15) is 18.3 Å². The fourth-order valence-electron chi connectivity index (χ4n) is 2.74. The molecule has 0 unspecified atom stereocenters. The van der Waals surface area contributed by atoms with Crippen LogP contribution in [0.3, 0.4) is 0 Å². The summed E-state index contributed by atoms with van der Waals surface area (Å²) in [5.74, 6) is 0. The van der Waals surface area contributed by atoms with Gasteiger partial charge in [0.2, 0.25) is 0 Å². The molecule has 0 atom stereocenters. The quantitative estimate of drug-likeness (QED) is 0.795. The Morgan fingerprint density at radius 2 is 1.60 bits per heavy atom. The Kier molecular flexibility index (Phi) is 4.24. The van der Waals surface area contributed by atoms with E-state index in [2.05, 4.69) is 5.10 Å². The molecule has 0 amide bonds. The number of halogens is 3. The van der Waals surface area contributed by atoms with Crippen molar-refractivity contribution < 1.29 is 22.5 Å². The lowest BCUT2D eigenvalue weighted by Crippen LogP contribution is -2.41. The van der Waals surface area contributed by atoms with Crippen molar-refractivity contribution in [1.82, 2.24) is 9.78 Å². The van der Waals surface area contributed by atoms with Gasteiger partial charge in [-0.25, -0.2) is 0 Å². The third-order valence-corrected chi connectivity index (χ3v) is 4.75. The molecule has 2 aromatic rings. The SMILES string of the molecule is CC1(C)OB(c2cnn(CC(F)(F)F)c2-c2ccccc2)OC1(C)C. The van der Waals surface area contributed by atoms with Crippen LogP contribution in [0.4, 0.5) is 13.2 Å². The van der Waals surface area contributed by atoms with Gasteiger partial charge in [0.15, 0.2) is 0 Å². The molecule has 0 bridgehead atoms. The average Bonchev–Trinajstić information content (AvgIpc) is 2.97. The highest BCUT2D eigenvalue weighted by atomic mass is 19.4. The highest BCUT2D eigenvalue weighted by molar-refractivity contribution is 6.63. The second-order valence-corrected chi connectivity index (χ2v) is 7.18. The molecule has 0 radical (unpaired) electrons. The molecular formula is C17H20BF3N2O2. The third-order valence-electron chi connectivity index (χ3n) is 4.75. The van der Waals surface area contributed by atoms with Gasteiger partial charge >= 0.3 is 13.3 Å². The zero-order valence-corrected chi connectivity index (χ0v) is 14.6. The van der Waals surface area contributed by atoms with E-state index in [0.717, 1.165) is 4.68 Å². The Hall–Kier alpha value is -1.80. The number of benzene rings is 1. The van der Waals surface area contributed by atoms with Crippen LogP contribution in [0.1, 0.15) is 27.7 Å². The lowest BCUT2D eigenvalue weighted by molar-refractivity contribution is -0.142. The molecule has 0 N–H and O–H groups in total. The molecule has 0 aliphatic carbocycles. The number of nitrogens with zero attached hydrogens (tertiary/aromatic N) is 2. The molecule has 3 rings (SSSR count). The summed E-state index contributed by atoms with van der Waals surface area (Å²) in [7, 11) is -0.776. The molecular weight excluding hydrogens is 332 g/mol. The van der Waals surface area contributed by atoms with Crippen LogP contribution in [0.25, 0.3) is 11.3 Å². The van der Waals surface area contributed by atoms with Crippen LogP contribution in [0.15, 0.2) is 36.5 Å². The van der Waals surface area contributed by atoms with E-state index in [4.69, 9.17) is 9.31 Å². The van der Waals surface area contributed by atoms with Crippen molar-refractivity contribution in [2.24, 2.45) is 0 Å². The van der Waals surface area contributed by atoms with Gasteiger partial charge in [0.1, 0.15) is 6.54 Å². The van der Waals surface area contributed by atoms with Crippen molar-refractivity contribution in [2.45, 2.75) is 51.6 Å². The molecule has 0 saturated carbocycles. The summed E-state index contributed by atoms with van der Waals surface area (Å²) in [5, 5.41) is 3.95. The van der Waals surface area contributed by atoms with Crippen molar-refractivity contribution in [2.75, 3.05) is 0 Å². The smallest absolute Gasteiger partial charge is 0.399 e. The molecule has 134 valence electrons. The van der Waals surface area contributed by atoms with Crippen LogP contribution in [0.2, 0.25) is 0 Å². The van der Waals surface area contributed by atoms with Crippen LogP contribution in [-0.2, 0) is 15.9 Å². The minimum Gasteiger partial charge on any atom is -0.399 e. The average molecular weight is 352 g/mol. The summed E-state index contributed by atoms with van der Waals surface area (Å²) >= 11 is 0. The molecule has 1 aromatic heterocycles. The summed E-state index contributed by atoms with van der Waals surface area (Å²) in [6, 6.07) is 8.85. The Morgan fingerprint density at radius 3 is 2.12 bits per heavy atom. The Labute approximate surface area is 145 Å². The molecule has 4 nitrogen and oxygen atoms in total. The lowest BCUT2D eigenvalue weighted by Gasteiger charge is -2.32. The number of hydrogen-bond donors (Lipinski definition) is 0. The van der Waals surface area contributed by atoms with E-state index < -0.39 is 31.0 Å². The largest absolute Gasteiger partial charge is 0.498 e. The van der Waals surface area contributed by atoms with Crippen LogP contribution >= 0.6 is 0 Å². The monoisotopic (exact) mass is 352 g/mol. The van der Waals surface area contributed by atoms with Gasteiger partial charge in [-0.15, -0.1) is 0 Å². The lowest BCUT2D eigenvalue weighted by atomic mass is 9.78. The summed E-state index contributed by atoms with van der Waals surface area (Å²) in [6.45, 7) is 6.42. The Bertz CT molecular complexity index is 741. The first-order chi connectivity index (χ1) is 11.5. The zero-order chi connectivity index (χ0) is 18.5. The van der Waals surface area contributed by atoms with E-state index in [-0.39, 0.29) is 0 Å². The van der Waals surface area contributed by atoms with Crippen molar-refractivity contribution in [3.63, 3.8) is 0 Å². The first-order valence-electron chi connectivity index (χ1n) is 8.04. The highest BCUT2D eigenvalue weighted by Crippen LogP contribution is 2.37. The zero-order valence-electron chi connectivity index (χ0n) is 14.6. The van der Waals surface area contributed by atoms with Crippen molar-refractivity contribution in [1.29, 1.82) is 0 Å². The number of hydrogen-bond acceptors (Lipinski definition) is 3. The van der Waals surface area contributed by atoms with E-state index in [1.807, 2.05) is 33.8 Å². The maximum atomic E-state index is 12.9. The summed E-state index contributed by atoms with van der Waals surface area (Å²) in [4.78, 5) is 0. The predicted molar refractivity (Wildman–Crippen MR) is 89.4 cm³/mol.